The lowest BCUT2D eigenvalue weighted by Crippen LogP contribution is -2.27. The number of hydrogen-bond donors (Lipinski definition) is 0. The fourth-order valence-corrected chi connectivity index (χ4v) is 5.02. The Labute approximate surface area is 159 Å². The zero-order valence-corrected chi connectivity index (χ0v) is 16.7. The van der Waals surface area contributed by atoms with Crippen LogP contribution in [0, 0.1) is 0 Å². The number of hydrogen-bond acceptors (Lipinski definition) is 7. The SMILES string of the molecule is CCOC(=O)C(CC(F)(F)F)n1cnc2cc(S(C)(=O)=O)c(S(C)(=O)=O)cc21. The molecular weight excluding hydrogens is 425 g/mol. The molecule has 0 saturated heterocycles. The number of fused-ring (bicyclic) bond motifs is 1. The van der Waals surface area contributed by atoms with Gasteiger partial charge >= 0.3 is 12.1 Å². The maximum atomic E-state index is 13.0. The summed E-state index contributed by atoms with van der Waals surface area (Å²) in [5.74, 6) is -1.17. The van der Waals surface area contributed by atoms with Crippen molar-refractivity contribution in [1.82, 2.24) is 9.55 Å². The van der Waals surface area contributed by atoms with E-state index in [0.717, 1.165) is 35.5 Å². The summed E-state index contributed by atoms with van der Waals surface area (Å²) in [4.78, 5) is 14.8. The third-order valence-corrected chi connectivity index (χ3v) is 6.16. The molecule has 0 saturated carbocycles. The summed E-state index contributed by atoms with van der Waals surface area (Å²) >= 11 is 0. The van der Waals surface area contributed by atoms with E-state index in [-0.39, 0.29) is 17.6 Å². The van der Waals surface area contributed by atoms with Crippen LogP contribution in [0.1, 0.15) is 19.4 Å². The number of carbonyl (C=O) groups is 1. The number of alkyl halides is 3. The molecule has 1 aromatic carbocycles. The third-order valence-electron chi connectivity index (χ3n) is 3.76. The summed E-state index contributed by atoms with van der Waals surface area (Å²) in [6.07, 6.45) is -3.82. The second-order valence-electron chi connectivity index (χ2n) is 6.07. The first-order chi connectivity index (χ1) is 12.6. The summed E-state index contributed by atoms with van der Waals surface area (Å²) in [6.45, 7) is 1.27. The zero-order valence-electron chi connectivity index (χ0n) is 15.0. The van der Waals surface area contributed by atoms with E-state index in [0.29, 0.717) is 0 Å². The largest absolute Gasteiger partial charge is 0.464 e. The fraction of sp³-hybridized carbons (Fsp3) is 0.467. The Kier molecular flexibility index (Phi) is 5.81. The van der Waals surface area contributed by atoms with E-state index >= 15 is 0 Å². The van der Waals surface area contributed by atoms with E-state index in [4.69, 9.17) is 4.74 Å². The van der Waals surface area contributed by atoms with Gasteiger partial charge in [-0.2, -0.15) is 13.2 Å². The molecule has 1 unspecified atom stereocenters. The van der Waals surface area contributed by atoms with Crippen LogP contribution < -0.4 is 0 Å². The monoisotopic (exact) mass is 442 g/mol. The topological polar surface area (TPSA) is 112 Å². The Hall–Kier alpha value is -2.15. The molecule has 8 nitrogen and oxygen atoms in total. The highest BCUT2D eigenvalue weighted by atomic mass is 32.2. The van der Waals surface area contributed by atoms with E-state index in [2.05, 4.69) is 4.98 Å². The summed E-state index contributed by atoms with van der Waals surface area (Å²) in [6, 6.07) is 0.00531. The third kappa shape index (κ3) is 4.82. The van der Waals surface area contributed by atoms with Gasteiger partial charge in [0.2, 0.25) is 0 Å². The van der Waals surface area contributed by atoms with E-state index in [9.17, 15) is 34.8 Å². The second kappa shape index (κ2) is 7.35. The number of imidazole rings is 1. The maximum absolute atomic E-state index is 13.0. The molecular formula is C15H17F3N2O6S2. The van der Waals surface area contributed by atoms with Gasteiger partial charge in [-0.15, -0.1) is 0 Å². The Morgan fingerprint density at radius 2 is 1.68 bits per heavy atom. The number of halogens is 3. The first kappa shape index (κ1) is 22.1. The molecule has 0 amide bonds. The number of ether oxygens (including phenoxy) is 1. The average molecular weight is 442 g/mol. The molecule has 0 radical (unpaired) electrons. The molecule has 0 aliphatic carbocycles. The van der Waals surface area contributed by atoms with Gasteiger partial charge in [0.1, 0.15) is 6.04 Å². The molecule has 0 aliphatic heterocycles. The molecule has 1 atom stereocenters. The van der Waals surface area contributed by atoms with Crippen LogP contribution in [0.3, 0.4) is 0 Å². The van der Waals surface area contributed by atoms with Crippen LogP contribution in [0.15, 0.2) is 28.3 Å². The minimum atomic E-state index is -4.72. The van der Waals surface area contributed by atoms with Gasteiger partial charge in [-0.3, -0.25) is 0 Å². The minimum absolute atomic E-state index is 0.0794. The van der Waals surface area contributed by atoms with Gasteiger partial charge in [-0.1, -0.05) is 0 Å². The minimum Gasteiger partial charge on any atom is -0.464 e. The van der Waals surface area contributed by atoms with Gasteiger partial charge < -0.3 is 9.30 Å². The first-order valence-electron chi connectivity index (χ1n) is 7.79. The van der Waals surface area contributed by atoms with E-state index in [1.54, 1.807) is 0 Å². The highest BCUT2D eigenvalue weighted by Gasteiger charge is 2.38. The van der Waals surface area contributed by atoms with Crippen molar-refractivity contribution in [2.75, 3.05) is 19.1 Å². The van der Waals surface area contributed by atoms with Crippen molar-refractivity contribution < 1.29 is 39.5 Å². The molecule has 0 bridgehead atoms. The molecule has 1 aromatic heterocycles. The second-order valence-corrected chi connectivity index (χ2v) is 10.0. The van der Waals surface area contributed by atoms with Crippen LogP contribution in [-0.2, 0) is 29.2 Å². The Morgan fingerprint density at radius 1 is 1.14 bits per heavy atom. The Bertz CT molecular complexity index is 1120. The van der Waals surface area contributed by atoms with Crippen LogP contribution in [0.2, 0.25) is 0 Å². The van der Waals surface area contributed by atoms with Gasteiger partial charge in [0.15, 0.2) is 19.7 Å². The molecule has 0 spiro atoms. The summed E-state index contributed by atoms with van der Waals surface area (Å²) in [5, 5.41) is 0. The van der Waals surface area contributed by atoms with Crippen LogP contribution in [0.5, 0.6) is 0 Å². The zero-order chi connectivity index (χ0) is 21.5. The molecule has 1 heterocycles. The first-order valence-corrected chi connectivity index (χ1v) is 11.6. The van der Waals surface area contributed by atoms with Crippen LogP contribution in [0.4, 0.5) is 13.2 Å². The normalized spacial score (nSPS) is 14.2. The van der Waals surface area contributed by atoms with E-state index < -0.39 is 54.1 Å². The lowest BCUT2D eigenvalue weighted by atomic mass is 10.2. The van der Waals surface area contributed by atoms with Gasteiger partial charge in [0.05, 0.1) is 40.2 Å². The summed E-state index contributed by atoms with van der Waals surface area (Å²) in [5.41, 5.74) is -0.223. The quantitative estimate of drug-likeness (QED) is 0.628. The molecule has 156 valence electrons. The van der Waals surface area contributed by atoms with Crippen LogP contribution >= 0.6 is 0 Å². The molecule has 28 heavy (non-hydrogen) atoms. The van der Waals surface area contributed by atoms with Gasteiger partial charge in [-0.25, -0.2) is 26.6 Å². The van der Waals surface area contributed by atoms with E-state index in [1.807, 2.05) is 0 Å². The number of sulfone groups is 2. The van der Waals surface area contributed by atoms with Crippen molar-refractivity contribution >= 4 is 36.7 Å². The molecule has 13 heteroatoms. The number of esters is 1. The van der Waals surface area contributed by atoms with Crippen molar-refractivity contribution in [2.45, 2.75) is 35.4 Å². The van der Waals surface area contributed by atoms with Gasteiger partial charge in [0.25, 0.3) is 0 Å². The average Bonchev–Trinajstić information content (AvgIpc) is 2.92. The van der Waals surface area contributed by atoms with Crippen molar-refractivity contribution in [1.29, 1.82) is 0 Å². The lowest BCUT2D eigenvalue weighted by Gasteiger charge is -2.19. The number of nitrogens with zero attached hydrogens (tertiary/aromatic N) is 2. The van der Waals surface area contributed by atoms with Gasteiger partial charge in [-0.05, 0) is 19.1 Å². The molecule has 0 aliphatic rings. The van der Waals surface area contributed by atoms with Crippen molar-refractivity contribution in [3.8, 4) is 0 Å². The number of benzene rings is 1. The number of aromatic nitrogens is 2. The number of rotatable bonds is 6. The fourth-order valence-electron chi connectivity index (χ4n) is 2.62. The highest BCUT2D eigenvalue weighted by Crippen LogP contribution is 2.33. The molecule has 0 fully saturated rings. The van der Waals surface area contributed by atoms with Gasteiger partial charge in [0, 0.05) is 12.5 Å². The smallest absolute Gasteiger partial charge is 0.391 e. The predicted octanol–water partition coefficient (Wildman–Crippen LogP) is 1.90. The van der Waals surface area contributed by atoms with Crippen LogP contribution in [0.25, 0.3) is 11.0 Å². The van der Waals surface area contributed by atoms with Crippen LogP contribution in [-0.4, -0.2) is 57.7 Å². The Morgan fingerprint density at radius 3 is 2.14 bits per heavy atom. The maximum Gasteiger partial charge on any atom is 0.391 e. The van der Waals surface area contributed by atoms with Crippen molar-refractivity contribution in [3.05, 3.63) is 18.5 Å². The Balaban J connectivity index is 2.79. The standard InChI is InChI=1S/C15H17F3N2O6S2/c1-4-26-14(21)11(7-15(16,17)18)20-8-19-9-5-12(27(2,22)23)13(6-10(9)20)28(3,24)25/h5-6,8,11H,4,7H2,1-3H3. The molecule has 2 aromatic rings. The van der Waals surface area contributed by atoms with E-state index in [1.165, 1.54) is 6.92 Å². The van der Waals surface area contributed by atoms with Crippen molar-refractivity contribution in [2.24, 2.45) is 0 Å². The summed E-state index contributed by atoms with van der Waals surface area (Å²) in [7, 11) is -8.03. The van der Waals surface area contributed by atoms with Crippen molar-refractivity contribution in [3.63, 3.8) is 0 Å². The highest BCUT2D eigenvalue weighted by molar-refractivity contribution is 7.93. The predicted molar refractivity (Wildman–Crippen MR) is 92.3 cm³/mol. The lowest BCUT2D eigenvalue weighted by molar-refractivity contribution is -0.165. The summed E-state index contributed by atoms with van der Waals surface area (Å²) < 4.78 is 92.4. The molecule has 2 rings (SSSR count). The number of carbonyl (C=O) groups excluding carboxylic acids is 1. The molecule has 0 N–H and O–H groups in total.